The minimum atomic E-state index is -0.531. The lowest BCUT2D eigenvalue weighted by atomic mass is 10.1. The van der Waals surface area contributed by atoms with Crippen LogP contribution in [0.2, 0.25) is 10.0 Å². The lowest BCUT2D eigenvalue weighted by molar-refractivity contribution is -0.110. The summed E-state index contributed by atoms with van der Waals surface area (Å²) < 4.78 is 12.7. The number of carbonyl (C=O) groups is 1. The van der Waals surface area contributed by atoms with Gasteiger partial charge in [0.25, 0.3) is 5.91 Å². The van der Waals surface area contributed by atoms with Crippen LogP contribution in [0, 0.1) is 13.8 Å². The summed E-state index contributed by atoms with van der Waals surface area (Å²) in [5.41, 5.74) is 6.46. The number of aromatic nitrogens is 1. The number of benzene rings is 2. The second kappa shape index (κ2) is 13.2. The summed E-state index contributed by atoms with van der Waals surface area (Å²) in [6, 6.07) is 13.6. The van der Waals surface area contributed by atoms with Crippen molar-refractivity contribution in [3.05, 3.63) is 80.6 Å². The van der Waals surface area contributed by atoms with Gasteiger partial charge in [-0.05, 0) is 99.8 Å². The Hall–Kier alpha value is -2.25. The molecule has 0 radical (unpaired) electrons. The highest BCUT2D eigenvalue weighted by molar-refractivity contribution is 7.98. The standard InChI is InChI=1S/C22H18Cl2N2OS.C8H16FN/c1-12-8-13(2)25-21(12)10-16-15-9-14(6-7-20(15)26-22(16)27)28-11-17-18(23)4-3-5-19(17)24;1-2-10-6-3-4-8(9)5-7-10/h3-10,25H,11H2,1-2H3,(H,26,27);8H,2-7H2,1H3/b16-10-;. The number of nitrogens with one attached hydrogen (secondary N) is 2. The Balaban J connectivity index is 0.000000283. The number of fused-ring (bicyclic) bond motifs is 1. The van der Waals surface area contributed by atoms with Crippen LogP contribution >= 0.6 is 35.0 Å². The molecule has 5 rings (SSSR count). The lowest BCUT2D eigenvalue weighted by Crippen LogP contribution is -2.24. The minimum absolute atomic E-state index is 0.0852. The van der Waals surface area contributed by atoms with Gasteiger partial charge in [-0.1, -0.05) is 36.2 Å². The third-order valence-electron chi connectivity index (χ3n) is 6.89. The van der Waals surface area contributed by atoms with Crippen LogP contribution in [0.25, 0.3) is 11.6 Å². The average Bonchev–Trinajstić information content (AvgIpc) is 3.27. The summed E-state index contributed by atoms with van der Waals surface area (Å²) in [4.78, 5) is 19.2. The smallest absolute Gasteiger partial charge is 0.256 e. The van der Waals surface area contributed by atoms with Crippen LogP contribution in [0.5, 0.6) is 0 Å². The molecule has 1 unspecified atom stereocenters. The van der Waals surface area contributed by atoms with Crippen LogP contribution in [-0.4, -0.2) is 41.6 Å². The lowest BCUT2D eigenvalue weighted by Gasteiger charge is -2.15. The van der Waals surface area contributed by atoms with Gasteiger partial charge in [0.15, 0.2) is 0 Å². The summed E-state index contributed by atoms with van der Waals surface area (Å²) in [6.07, 6.45) is 3.94. The van der Waals surface area contributed by atoms with Gasteiger partial charge in [0.1, 0.15) is 6.17 Å². The van der Waals surface area contributed by atoms with Crippen molar-refractivity contribution in [3.63, 3.8) is 0 Å². The maximum Gasteiger partial charge on any atom is 0.256 e. The molecular formula is C30H34Cl2FN3OS. The third kappa shape index (κ3) is 7.23. The number of hydrogen-bond donors (Lipinski definition) is 2. The molecule has 202 valence electrons. The zero-order valence-corrected chi connectivity index (χ0v) is 24.4. The van der Waals surface area contributed by atoms with Crippen molar-refractivity contribution >= 4 is 58.2 Å². The zero-order chi connectivity index (χ0) is 27.2. The minimum Gasteiger partial charge on any atom is -0.359 e. The van der Waals surface area contributed by atoms with E-state index >= 15 is 0 Å². The van der Waals surface area contributed by atoms with Crippen LogP contribution in [0.15, 0.2) is 47.4 Å². The van der Waals surface area contributed by atoms with E-state index in [2.05, 4.69) is 28.2 Å². The molecule has 1 fully saturated rings. The number of likely N-dealkylation sites (tertiary alicyclic amines) is 1. The molecule has 2 aromatic carbocycles. The molecule has 1 atom stereocenters. The average molecular weight is 575 g/mol. The molecule has 0 bridgehead atoms. The van der Waals surface area contributed by atoms with Gasteiger partial charge in [-0.15, -0.1) is 11.8 Å². The number of H-pyrrole nitrogens is 1. The second-order valence-electron chi connectivity index (χ2n) is 9.72. The molecule has 3 aromatic rings. The first-order chi connectivity index (χ1) is 18.2. The Labute approximate surface area is 239 Å². The van der Waals surface area contributed by atoms with Gasteiger partial charge < -0.3 is 15.2 Å². The van der Waals surface area contributed by atoms with Gasteiger partial charge >= 0.3 is 0 Å². The first-order valence-electron chi connectivity index (χ1n) is 13.0. The van der Waals surface area contributed by atoms with Crippen LogP contribution < -0.4 is 5.32 Å². The Morgan fingerprint density at radius 1 is 1.11 bits per heavy atom. The quantitative estimate of drug-likeness (QED) is 0.237. The van der Waals surface area contributed by atoms with Crippen molar-refractivity contribution in [1.29, 1.82) is 0 Å². The highest BCUT2D eigenvalue weighted by atomic mass is 35.5. The monoisotopic (exact) mass is 573 g/mol. The number of thioether (sulfide) groups is 1. The molecule has 38 heavy (non-hydrogen) atoms. The first kappa shape index (κ1) is 28.8. The molecule has 0 aliphatic carbocycles. The largest absolute Gasteiger partial charge is 0.359 e. The molecular weight excluding hydrogens is 540 g/mol. The summed E-state index contributed by atoms with van der Waals surface area (Å²) in [5, 5.41) is 4.27. The normalized spacial score (nSPS) is 18.5. The van der Waals surface area contributed by atoms with Gasteiger partial charge in [-0.2, -0.15) is 0 Å². The number of nitrogens with zero attached hydrogens (tertiary/aromatic N) is 1. The molecule has 4 nitrogen and oxygen atoms in total. The molecule has 2 aliphatic heterocycles. The van der Waals surface area contributed by atoms with Crippen molar-refractivity contribution in [1.82, 2.24) is 9.88 Å². The number of alkyl halides is 1. The van der Waals surface area contributed by atoms with Crippen molar-refractivity contribution in [2.75, 3.05) is 25.0 Å². The number of amides is 1. The summed E-state index contributed by atoms with van der Waals surface area (Å²) in [7, 11) is 0. The number of aryl methyl sites for hydroxylation is 2. The van der Waals surface area contributed by atoms with E-state index in [0.29, 0.717) is 21.4 Å². The number of carbonyl (C=O) groups excluding carboxylic acids is 1. The summed E-state index contributed by atoms with van der Waals surface area (Å²) in [6.45, 7) is 9.30. The highest BCUT2D eigenvalue weighted by Gasteiger charge is 2.25. The number of anilines is 1. The van der Waals surface area contributed by atoms with Crippen molar-refractivity contribution < 1.29 is 9.18 Å². The molecule has 1 aromatic heterocycles. The SMILES string of the molecule is CCN1CCCC(F)CC1.Cc1cc(C)c(/C=C2\C(=O)Nc3ccc(SCc4c(Cl)cccc4Cl)cc32)[nH]1. The van der Waals surface area contributed by atoms with Gasteiger partial charge in [-0.25, -0.2) is 4.39 Å². The van der Waals surface area contributed by atoms with Crippen molar-refractivity contribution in [3.8, 4) is 0 Å². The number of aromatic amines is 1. The fraction of sp³-hybridized carbons (Fsp3) is 0.367. The Morgan fingerprint density at radius 3 is 2.55 bits per heavy atom. The van der Waals surface area contributed by atoms with Crippen molar-refractivity contribution in [2.45, 2.75) is 56.9 Å². The molecule has 1 saturated heterocycles. The van der Waals surface area contributed by atoms with Gasteiger partial charge in [-0.3, -0.25) is 4.79 Å². The fourth-order valence-corrected chi connectivity index (χ4v) is 6.38. The molecule has 8 heteroatoms. The van der Waals surface area contributed by atoms with Crippen LogP contribution in [0.1, 0.15) is 54.3 Å². The summed E-state index contributed by atoms with van der Waals surface area (Å²) in [5.74, 6) is 0.574. The van der Waals surface area contributed by atoms with E-state index in [-0.39, 0.29) is 5.91 Å². The molecule has 0 saturated carbocycles. The van der Waals surface area contributed by atoms with E-state index in [1.807, 2.05) is 56.3 Å². The maximum atomic E-state index is 12.7. The van der Waals surface area contributed by atoms with Crippen LogP contribution in [0.4, 0.5) is 10.1 Å². The highest BCUT2D eigenvalue weighted by Crippen LogP contribution is 2.38. The third-order valence-corrected chi connectivity index (χ3v) is 8.62. The predicted molar refractivity (Wildman–Crippen MR) is 160 cm³/mol. The molecule has 2 N–H and O–H groups in total. The van der Waals surface area contributed by atoms with E-state index in [4.69, 9.17) is 23.2 Å². The molecule has 0 spiro atoms. The molecule has 2 aliphatic rings. The van der Waals surface area contributed by atoms with E-state index in [9.17, 15) is 9.18 Å². The van der Waals surface area contributed by atoms with Gasteiger partial charge in [0, 0.05) is 49.9 Å². The van der Waals surface area contributed by atoms with E-state index in [1.54, 1.807) is 11.8 Å². The second-order valence-corrected chi connectivity index (χ2v) is 11.6. The number of rotatable bonds is 5. The Morgan fingerprint density at radius 2 is 1.87 bits per heavy atom. The van der Waals surface area contributed by atoms with Gasteiger partial charge in [0.2, 0.25) is 0 Å². The van der Waals surface area contributed by atoms with E-state index < -0.39 is 6.17 Å². The Bertz CT molecular complexity index is 1300. The van der Waals surface area contributed by atoms with Crippen LogP contribution in [-0.2, 0) is 10.5 Å². The van der Waals surface area contributed by atoms with Crippen molar-refractivity contribution in [2.24, 2.45) is 0 Å². The summed E-state index contributed by atoms with van der Waals surface area (Å²) >= 11 is 14.2. The topological polar surface area (TPSA) is 48.1 Å². The maximum absolute atomic E-state index is 12.7. The molecule has 1 amide bonds. The predicted octanol–water partition coefficient (Wildman–Crippen LogP) is 8.55. The number of hydrogen-bond acceptors (Lipinski definition) is 3. The zero-order valence-electron chi connectivity index (χ0n) is 22.0. The Kier molecular flexibility index (Phi) is 9.99. The van der Waals surface area contributed by atoms with E-state index in [0.717, 1.165) is 77.6 Å². The van der Waals surface area contributed by atoms with Crippen LogP contribution in [0.3, 0.4) is 0 Å². The van der Waals surface area contributed by atoms with Gasteiger partial charge in [0.05, 0.1) is 5.57 Å². The van der Waals surface area contributed by atoms with E-state index in [1.165, 1.54) is 0 Å². The fourth-order valence-electron chi connectivity index (χ4n) is 4.70. The number of halogens is 3. The first-order valence-corrected chi connectivity index (χ1v) is 14.7. The molecule has 3 heterocycles.